The van der Waals surface area contributed by atoms with Gasteiger partial charge in [0, 0.05) is 110 Å². The van der Waals surface area contributed by atoms with Gasteiger partial charge >= 0.3 is 18.3 Å². The van der Waals surface area contributed by atoms with Crippen LogP contribution in [0.2, 0.25) is 0 Å². The second kappa shape index (κ2) is 53.0. The number of piperidine rings is 2. The first kappa shape index (κ1) is 112. The Morgan fingerprint density at radius 1 is 0.460 bits per heavy atom. The SMILES string of the molecule is C#CCOCCN(C)C(=O)OC(C)(C)C.C1CCOC1.CCCCOCCCc1cccc2c1C(=O)N(C1CCC(=O)CC1=O)C2=O.CN(CCOCC#Cc1cccc2c1C(=O)N(C1CCC(=O)NC1=O)C2=O)C(=O)OC(C)(C)C.CN(CCOCCCc1cccc2c1C(=O)N(C1CCC(=O)CC1=O)C2=O)C(=O)OC(C)(C)C.Cl.O=C1CCC(N2C(=O)c3cccc(Br)c3C2=O)C(=O)N1.[3H]F. The number of hydrogen-bond acceptors (Lipinski definition) is 27. The number of nitrogens with zero attached hydrogens (tertiary/aromatic N) is 7. The summed E-state index contributed by atoms with van der Waals surface area (Å²) in [5.41, 5.74) is 2.51. The van der Waals surface area contributed by atoms with Crippen molar-refractivity contribution in [2.45, 2.75) is 226 Å². The molecule has 15 amide bonds. The summed E-state index contributed by atoms with van der Waals surface area (Å²) in [5.74, 6) is 0.929. The molecule has 7 aliphatic heterocycles. The topological polar surface area (TPSA) is 445 Å². The van der Waals surface area contributed by atoms with Crippen molar-refractivity contribution in [1.29, 1.82) is 1.45 Å². The molecule has 4 unspecified atom stereocenters. The Hall–Kier alpha value is -12.2. The number of fused-ring (bicyclic) bond motifs is 4. The highest BCUT2D eigenvalue weighted by molar-refractivity contribution is 9.10. The summed E-state index contributed by atoms with van der Waals surface area (Å²) in [4.78, 5) is 240. The molecule has 36 nitrogen and oxygen atoms in total. The summed E-state index contributed by atoms with van der Waals surface area (Å²) in [7, 11) is 4.91. The summed E-state index contributed by atoms with van der Waals surface area (Å²) < 4.78 is 55.8. The van der Waals surface area contributed by atoms with E-state index in [-0.39, 0.29) is 154 Å². The molecule has 0 spiro atoms. The van der Waals surface area contributed by atoms with Gasteiger partial charge in [-0.1, -0.05) is 67.5 Å². The van der Waals surface area contributed by atoms with Crippen LogP contribution in [0.25, 0.3) is 0 Å². The number of aryl methyl sites for hydroxylation is 2. The summed E-state index contributed by atoms with van der Waals surface area (Å²) >= 11 is 3.24. The maximum absolute atomic E-state index is 13.1. The summed E-state index contributed by atoms with van der Waals surface area (Å²) in [6, 6.07) is 16.3. The lowest BCUT2D eigenvalue weighted by molar-refractivity contribution is -0.137. The number of nitrogens with one attached hydrogen (secondary N) is 2. The highest BCUT2D eigenvalue weighted by Gasteiger charge is 2.50. The van der Waals surface area contributed by atoms with Gasteiger partial charge in [-0.3, -0.25) is 112 Å². The van der Waals surface area contributed by atoms with Gasteiger partial charge in [0.1, 0.15) is 53.7 Å². The van der Waals surface area contributed by atoms with Crippen LogP contribution in [0.1, 0.15) is 272 Å². The average molecular weight is 1990 g/mol. The van der Waals surface area contributed by atoms with Crippen molar-refractivity contribution in [3.05, 3.63) is 138 Å². The molecule has 13 rings (SSSR count). The van der Waals surface area contributed by atoms with E-state index in [4.69, 9.17) is 49.0 Å². The van der Waals surface area contributed by atoms with Crippen LogP contribution in [0.3, 0.4) is 0 Å². The van der Waals surface area contributed by atoms with E-state index in [9.17, 15) is 91.1 Å². The molecule has 0 bridgehead atoms. The molecular weight excluding hydrogens is 1870 g/mol. The zero-order chi connectivity index (χ0) is 101. The molecule has 5 fully saturated rings. The van der Waals surface area contributed by atoms with Crippen LogP contribution >= 0.6 is 28.3 Å². The van der Waals surface area contributed by atoms with Crippen LogP contribution < -0.4 is 10.6 Å². The zero-order valence-electron chi connectivity index (χ0n) is 80.6. The fraction of sp³-hybridized carbons (Fsp3) is 0.520. The number of ether oxygens (including phenoxy) is 8. The fourth-order valence-corrected chi connectivity index (χ4v) is 15.6. The van der Waals surface area contributed by atoms with Crippen molar-refractivity contribution >= 4 is 141 Å². The van der Waals surface area contributed by atoms with E-state index in [1.807, 2.05) is 26.8 Å². The van der Waals surface area contributed by atoms with Gasteiger partial charge in [-0.05, 0) is 196 Å². The Balaban J connectivity index is 0.000000265. The predicted octanol–water partition coefficient (Wildman–Crippen LogP) is 10.6. The van der Waals surface area contributed by atoms with Crippen LogP contribution in [-0.2, 0) is 89.1 Å². The van der Waals surface area contributed by atoms with Gasteiger partial charge in [0.05, 0.1) is 89.3 Å². The molecule has 7 heterocycles. The van der Waals surface area contributed by atoms with Crippen LogP contribution in [0.5, 0.6) is 0 Å². The molecule has 2 aliphatic carbocycles. The van der Waals surface area contributed by atoms with Gasteiger partial charge in [-0.15, -0.1) is 18.8 Å². The molecule has 2 N–H and O–H groups in total. The maximum Gasteiger partial charge on any atom is 0.410 e. The smallest absolute Gasteiger partial charge is 0.410 e. The zero-order valence-corrected chi connectivity index (χ0v) is 82.0. The summed E-state index contributed by atoms with van der Waals surface area (Å²) in [6.45, 7) is 24.6. The highest BCUT2D eigenvalue weighted by atomic mass is 79.9. The number of Topliss-reactive ketones (excluding diaryl/α,β-unsaturated/α-hetero) is 4. The Labute approximate surface area is 811 Å². The van der Waals surface area contributed by atoms with Gasteiger partial charge in [0.2, 0.25) is 23.6 Å². The molecule has 0 radical (unpaired) electrons. The first-order valence-corrected chi connectivity index (χ1v) is 45.8. The van der Waals surface area contributed by atoms with E-state index in [0.29, 0.717) is 97.6 Å². The number of terminal acetylenes is 1. The minimum Gasteiger partial charge on any atom is -0.444 e. The molecule has 0 aromatic heterocycles. The van der Waals surface area contributed by atoms with Crippen molar-refractivity contribution in [1.82, 2.24) is 44.9 Å². The normalized spacial score (nSPS) is 18.1. The Morgan fingerprint density at radius 2 is 0.803 bits per heavy atom. The van der Waals surface area contributed by atoms with Gasteiger partial charge in [-0.25, -0.2) is 14.4 Å². The quantitative estimate of drug-likeness (QED) is 0.0194. The van der Waals surface area contributed by atoms with E-state index < -0.39 is 118 Å². The Morgan fingerprint density at radius 3 is 1.18 bits per heavy atom. The lowest BCUT2D eigenvalue weighted by Crippen LogP contribution is -2.54. The minimum atomic E-state index is -1.03. The molecular formula is C98H122BrClFN9O27. The lowest BCUT2D eigenvalue weighted by atomic mass is 9.92. The number of carbonyl (C=O) groups is 19. The standard InChI is InChI=1S/C25H32N2O7.C24H27N3O7.C21H25NO5.C13H9BrN2O4.C11H19NO3.C4H8O.ClH.FH/c1-25(2,3)34-24(32)26(4)12-14-33-13-6-8-16-7-5-9-18-21(16)23(31)27(22(18)30)19-11-10-17(28)15-20(19)29;1-24(2,3)34-23(32)26(4)12-14-33-13-6-8-15-7-5-9-16-19(15)22(31)27(21(16)30)17-10-11-18(28)25-20(17)29;1-2-3-11-27-12-5-7-14-6-4-8-16-19(14)21(26)22(20(16)25)17-10-9-15(23)13-18(17)24;14-7-3-1-2-6-10(7)13(20)16(12(6)19)8-4-5-9(17)15-11(8)18;1-6-8-14-9-7-12(5)10(13)15-11(2,3)4;1-2-4-5-3-1;;/h5,7,9,19H,6,8,10-15H2,1-4H3;5,7,9,17H,10-14H2,1-4H3,(H,25,28,29);4,6,8,17H,2-3,5,7,9-13H2,1H3;1-3,8H,4-5H2,(H,15,17,18);1H,7-9H2,2-5H3;1-4H2;2*1H/i/hT. The van der Waals surface area contributed by atoms with Gasteiger partial charge in [0.15, 0.2) is 11.6 Å². The van der Waals surface area contributed by atoms with Crippen LogP contribution in [0.15, 0.2) is 77.3 Å². The fourth-order valence-electron chi connectivity index (χ4n) is 15.1. The number of unbranched alkanes of at least 4 members (excludes halogenated alkanes) is 1. The number of benzene rings is 4. The number of likely N-dealkylation sites (N-methyl/N-ethyl adjacent to an activating group) is 3. The average Bonchev–Trinajstić information content (AvgIpc) is 1.62. The third-order valence-corrected chi connectivity index (χ3v) is 22.5. The van der Waals surface area contributed by atoms with E-state index in [0.717, 1.165) is 69.8 Å². The molecule has 137 heavy (non-hydrogen) atoms. The van der Waals surface area contributed by atoms with E-state index in [1.54, 1.807) is 123 Å². The maximum atomic E-state index is 13.1. The second-order valence-electron chi connectivity index (χ2n) is 35.8. The number of rotatable bonds is 26. The largest absolute Gasteiger partial charge is 0.444 e. The van der Waals surface area contributed by atoms with Gasteiger partial charge in [-0.2, -0.15) is 0 Å². The number of amides is 15. The van der Waals surface area contributed by atoms with E-state index >= 15 is 0 Å². The van der Waals surface area contributed by atoms with Crippen molar-refractivity contribution in [2.24, 2.45) is 0 Å². The Kier molecular flexibility index (Phi) is 43.2. The van der Waals surface area contributed by atoms with Crippen LogP contribution in [-0.4, -0.2) is 296 Å². The van der Waals surface area contributed by atoms with Crippen molar-refractivity contribution < 1.29 is 134 Å². The molecule has 742 valence electrons. The number of carbonyl (C=O) groups excluding carboxylic acids is 19. The number of halogens is 3. The first-order chi connectivity index (χ1) is 64.9. The third kappa shape index (κ3) is 32.0. The molecule has 9 aliphatic rings. The van der Waals surface area contributed by atoms with Crippen LogP contribution in [0, 0.1) is 24.2 Å². The molecule has 2 saturated carbocycles. The molecule has 3 saturated heterocycles. The summed E-state index contributed by atoms with van der Waals surface area (Å²) in [6.07, 6.45) is 11.8. The molecule has 4 aromatic carbocycles. The van der Waals surface area contributed by atoms with Gasteiger partial charge in [0.25, 0.3) is 48.7 Å². The summed E-state index contributed by atoms with van der Waals surface area (Å²) in [5, 5.41) is 4.32. The first-order valence-electron chi connectivity index (χ1n) is 45.3. The predicted molar refractivity (Wildman–Crippen MR) is 500 cm³/mol. The molecule has 39 heteroatoms. The molecule has 4 aromatic rings. The molecule has 4 atom stereocenters. The van der Waals surface area contributed by atoms with E-state index in [2.05, 4.69) is 52.7 Å². The van der Waals surface area contributed by atoms with Crippen LogP contribution in [0.4, 0.5) is 19.1 Å². The van der Waals surface area contributed by atoms with Crippen molar-refractivity contribution in [3.8, 4) is 24.2 Å². The highest BCUT2D eigenvalue weighted by Crippen LogP contribution is 2.37. The van der Waals surface area contributed by atoms with Gasteiger partial charge < -0.3 is 52.6 Å². The van der Waals surface area contributed by atoms with E-state index in [1.165, 1.54) is 33.6 Å². The number of imide groups is 6. The lowest BCUT2D eigenvalue weighted by Gasteiger charge is -2.27. The van der Waals surface area contributed by atoms with Crippen molar-refractivity contribution in [2.75, 3.05) is 107 Å². The minimum absolute atomic E-state index is 0. The number of ketones is 4. The van der Waals surface area contributed by atoms with Crippen molar-refractivity contribution in [3.63, 3.8) is 0 Å². The Bertz CT molecular complexity index is 5290. The second-order valence-corrected chi connectivity index (χ2v) is 36.7. The number of hydrogen-bond donors (Lipinski definition) is 2. The third-order valence-electron chi connectivity index (χ3n) is 21.8. The monoisotopic (exact) mass is 1990 g/mol.